The zero-order valence-electron chi connectivity index (χ0n) is 34.5. The second-order valence-corrected chi connectivity index (χ2v) is 16.4. The molecule has 64 heavy (non-hydrogen) atoms. The molecule has 0 atom stereocenters. The van der Waals surface area contributed by atoms with Crippen LogP contribution in [0.3, 0.4) is 0 Å². The summed E-state index contributed by atoms with van der Waals surface area (Å²) >= 11 is 0. The molecule has 0 aliphatic heterocycles. The molecule has 0 bridgehead atoms. The molecule has 0 amide bonds. The van der Waals surface area contributed by atoms with Gasteiger partial charge in [0.15, 0.2) is 17.5 Å². The Balaban J connectivity index is 1.05. The average molecular weight is 817 g/mol. The minimum Gasteiger partial charge on any atom is -0.456 e. The van der Waals surface area contributed by atoms with Crippen molar-refractivity contribution in [3.8, 4) is 62.1 Å². The third-order valence-corrected chi connectivity index (χ3v) is 12.6. The van der Waals surface area contributed by atoms with Gasteiger partial charge < -0.3 is 8.98 Å². The molecule has 13 rings (SSSR count). The number of hydrogen-bond acceptors (Lipinski definition) is 4. The Kier molecular flexibility index (Phi) is 8.15. The fraction of sp³-hybridized carbons (Fsp3) is 0. The largest absolute Gasteiger partial charge is 0.456 e. The topological polar surface area (TPSA) is 56.7 Å². The van der Waals surface area contributed by atoms with Crippen LogP contribution in [0.5, 0.6) is 0 Å². The molecule has 0 saturated heterocycles. The van der Waals surface area contributed by atoms with Crippen molar-refractivity contribution in [2.45, 2.75) is 0 Å². The van der Waals surface area contributed by atoms with Gasteiger partial charge in [0.2, 0.25) is 0 Å². The Morgan fingerprint density at radius 1 is 0.297 bits per heavy atom. The van der Waals surface area contributed by atoms with E-state index in [1.165, 1.54) is 27.1 Å². The number of fused-ring (bicyclic) bond motifs is 8. The summed E-state index contributed by atoms with van der Waals surface area (Å²) in [7, 11) is 0. The normalized spacial score (nSPS) is 11.8. The van der Waals surface area contributed by atoms with Crippen molar-refractivity contribution in [3.05, 3.63) is 218 Å². The lowest BCUT2D eigenvalue weighted by molar-refractivity contribution is 0.669. The Morgan fingerprint density at radius 3 is 1.70 bits per heavy atom. The Labute approximate surface area is 368 Å². The van der Waals surface area contributed by atoms with E-state index >= 15 is 0 Å². The summed E-state index contributed by atoms with van der Waals surface area (Å²) in [4.78, 5) is 15.8. The molecule has 5 heteroatoms. The minimum atomic E-state index is 0.572. The standard InChI is InChI=1S/C59H36N4O/c1-2-13-37(14-3-1)38-25-27-40(28-26-38)50-34-43(30-32-53(50)63-52-23-10-8-20-46(52)51-33-41-16-4-5-17-42(41)35-54(51)63)57-60-58(44-29-31-48-47-21-9-11-24-55(47)64-56(48)36-44)62-59(61-57)49-22-12-18-39-15-6-7-19-45(39)49/h1-36H. The first-order valence-electron chi connectivity index (χ1n) is 21.6. The molecule has 3 heterocycles. The second-order valence-electron chi connectivity index (χ2n) is 16.4. The van der Waals surface area contributed by atoms with Gasteiger partial charge in [0.05, 0.1) is 16.7 Å². The van der Waals surface area contributed by atoms with E-state index in [2.05, 4.69) is 205 Å². The number of hydrogen-bond donors (Lipinski definition) is 0. The highest BCUT2D eigenvalue weighted by atomic mass is 16.3. The number of furan rings is 1. The summed E-state index contributed by atoms with van der Waals surface area (Å²) in [5.74, 6) is 1.76. The predicted octanol–water partition coefficient (Wildman–Crippen LogP) is 15.5. The van der Waals surface area contributed by atoms with E-state index < -0.39 is 0 Å². The summed E-state index contributed by atoms with van der Waals surface area (Å²) in [5.41, 5.74) is 12.2. The summed E-state index contributed by atoms with van der Waals surface area (Å²) in [6, 6.07) is 77.1. The summed E-state index contributed by atoms with van der Waals surface area (Å²) in [6.45, 7) is 0. The third kappa shape index (κ3) is 5.90. The van der Waals surface area contributed by atoms with E-state index in [1.54, 1.807) is 0 Å². The SMILES string of the molecule is c1ccc(-c2ccc(-c3cc(-c4nc(-c5ccc6c(c5)oc5ccccc56)nc(-c5cccc6ccccc56)n4)ccc3-n3c4ccccc4c4cc5ccccc5cc43)cc2)cc1. The smallest absolute Gasteiger partial charge is 0.164 e. The molecule has 0 N–H and O–H groups in total. The van der Waals surface area contributed by atoms with Gasteiger partial charge in [-0.05, 0) is 92.8 Å². The summed E-state index contributed by atoms with van der Waals surface area (Å²) in [5, 5.41) is 9.18. The van der Waals surface area contributed by atoms with Gasteiger partial charge in [-0.2, -0.15) is 0 Å². The molecule has 298 valence electrons. The van der Waals surface area contributed by atoms with Crippen LogP contribution in [-0.2, 0) is 0 Å². The first kappa shape index (κ1) is 36.0. The van der Waals surface area contributed by atoms with E-state index in [9.17, 15) is 0 Å². The molecule has 10 aromatic carbocycles. The van der Waals surface area contributed by atoms with Gasteiger partial charge >= 0.3 is 0 Å². The molecule has 13 aromatic rings. The summed E-state index contributed by atoms with van der Waals surface area (Å²) < 4.78 is 8.78. The second kappa shape index (κ2) is 14.5. The molecular weight excluding hydrogens is 781 g/mol. The van der Waals surface area contributed by atoms with Gasteiger partial charge in [0.25, 0.3) is 0 Å². The molecule has 0 spiro atoms. The number of benzene rings is 10. The van der Waals surface area contributed by atoms with Crippen LogP contribution in [0.4, 0.5) is 0 Å². The maximum absolute atomic E-state index is 6.36. The summed E-state index contributed by atoms with van der Waals surface area (Å²) in [6.07, 6.45) is 0. The van der Waals surface area contributed by atoms with Gasteiger partial charge in [0.1, 0.15) is 11.2 Å². The van der Waals surface area contributed by atoms with E-state index in [0.29, 0.717) is 17.5 Å². The third-order valence-electron chi connectivity index (χ3n) is 12.6. The van der Waals surface area contributed by atoms with Crippen LogP contribution in [0.25, 0.3) is 127 Å². The van der Waals surface area contributed by atoms with Gasteiger partial charge in [-0.15, -0.1) is 0 Å². The van der Waals surface area contributed by atoms with Gasteiger partial charge in [-0.25, -0.2) is 15.0 Å². The molecule has 0 fully saturated rings. The van der Waals surface area contributed by atoms with Crippen LogP contribution in [0.2, 0.25) is 0 Å². The first-order valence-corrected chi connectivity index (χ1v) is 21.6. The van der Waals surface area contributed by atoms with Crippen LogP contribution in [0, 0.1) is 0 Å². The maximum Gasteiger partial charge on any atom is 0.164 e. The highest BCUT2D eigenvalue weighted by Crippen LogP contribution is 2.41. The number of aromatic nitrogens is 4. The molecule has 0 unspecified atom stereocenters. The van der Waals surface area contributed by atoms with Crippen molar-refractivity contribution in [1.29, 1.82) is 0 Å². The first-order chi connectivity index (χ1) is 31.7. The lowest BCUT2D eigenvalue weighted by Gasteiger charge is -2.17. The minimum absolute atomic E-state index is 0.572. The fourth-order valence-corrected chi connectivity index (χ4v) is 9.53. The van der Waals surface area contributed by atoms with Crippen molar-refractivity contribution in [2.75, 3.05) is 0 Å². The van der Waals surface area contributed by atoms with Crippen molar-refractivity contribution in [3.63, 3.8) is 0 Å². The molecule has 0 saturated carbocycles. The van der Waals surface area contributed by atoms with Crippen molar-refractivity contribution in [1.82, 2.24) is 19.5 Å². The Hall–Kier alpha value is -8.67. The van der Waals surface area contributed by atoms with Crippen LogP contribution in [0.15, 0.2) is 223 Å². The van der Waals surface area contributed by atoms with Crippen LogP contribution in [-0.4, -0.2) is 19.5 Å². The van der Waals surface area contributed by atoms with Crippen molar-refractivity contribution < 1.29 is 4.42 Å². The highest BCUT2D eigenvalue weighted by molar-refractivity contribution is 6.14. The molecule has 3 aromatic heterocycles. The van der Waals surface area contributed by atoms with Crippen LogP contribution < -0.4 is 0 Å². The zero-order chi connectivity index (χ0) is 42.1. The molecule has 0 aliphatic carbocycles. The Bertz CT molecular complexity index is 3950. The fourth-order valence-electron chi connectivity index (χ4n) is 9.53. The number of para-hydroxylation sites is 2. The molecule has 5 nitrogen and oxygen atoms in total. The lowest BCUT2D eigenvalue weighted by atomic mass is 9.97. The van der Waals surface area contributed by atoms with Crippen molar-refractivity contribution >= 4 is 65.3 Å². The maximum atomic E-state index is 6.36. The van der Waals surface area contributed by atoms with Gasteiger partial charge in [0, 0.05) is 43.8 Å². The van der Waals surface area contributed by atoms with E-state index in [0.717, 1.165) is 82.8 Å². The Morgan fingerprint density at radius 2 is 0.875 bits per heavy atom. The number of rotatable bonds is 6. The van der Waals surface area contributed by atoms with Crippen LogP contribution in [0.1, 0.15) is 0 Å². The quantitative estimate of drug-likeness (QED) is 0.168. The molecule has 0 radical (unpaired) electrons. The monoisotopic (exact) mass is 816 g/mol. The molecular formula is C59H36N4O. The van der Waals surface area contributed by atoms with Crippen molar-refractivity contribution in [2.24, 2.45) is 0 Å². The van der Waals surface area contributed by atoms with E-state index in [4.69, 9.17) is 19.4 Å². The average Bonchev–Trinajstić information content (AvgIpc) is 3.90. The van der Waals surface area contributed by atoms with Gasteiger partial charge in [-0.3, -0.25) is 0 Å². The highest BCUT2D eigenvalue weighted by Gasteiger charge is 2.21. The van der Waals surface area contributed by atoms with E-state index in [1.807, 2.05) is 18.2 Å². The van der Waals surface area contributed by atoms with Gasteiger partial charge in [-0.1, -0.05) is 164 Å². The van der Waals surface area contributed by atoms with E-state index in [-0.39, 0.29) is 0 Å². The predicted molar refractivity (Wildman–Crippen MR) is 264 cm³/mol. The zero-order valence-corrected chi connectivity index (χ0v) is 34.5. The van der Waals surface area contributed by atoms with Crippen LogP contribution >= 0.6 is 0 Å². The lowest BCUT2D eigenvalue weighted by Crippen LogP contribution is -2.02. The molecule has 0 aliphatic rings. The number of nitrogens with zero attached hydrogens (tertiary/aromatic N) is 4.